The van der Waals surface area contributed by atoms with Gasteiger partial charge in [-0.3, -0.25) is 14.8 Å². The Bertz CT molecular complexity index is 1080. The molecule has 2 N–H and O–H groups in total. The van der Waals surface area contributed by atoms with Crippen LogP contribution in [0.1, 0.15) is 32.8 Å². The molecule has 0 bridgehead atoms. The summed E-state index contributed by atoms with van der Waals surface area (Å²) < 4.78 is 20.6. The van der Waals surface area contributed by atoms with Crippen LogP contribution < -0.4 is 10.2 Å². The molecule has 0 saturated carbocycles. The number of nitrogens with zero attached hydrogens (tertiary/aromatic N) is 2. The molecule has 4 rings (SSSR count). The number of nitrogens with one attached hydrogen (secondary N) is 1. The second kappa shape index (κ2) is 8.38. The molecule has 2 aromatic carbocycles. The highest BCUT2D eigenvalue weighted by molar-refractivity contribution is 5.99. The highest BCUT2D eigenvalue weighted by Gasteiger charge is 2.25. The molecule has 1 aliphatic rings. The maximum Gasteiger partial charge on any atom is 0.276 e. The lowest BCUT2D eigenvalue weighted by Crippen LogP contribution is -2.30. The van der Waals surface area contributed by atoms with E-state index in [-0.39, 0.29) is 17.3 Å². The molecule has 0 saturated heterocycles. The van der Waals surface area contributed by atoms with Crippen LogP contribution in [-0.2, 0) is 13.1 Å². The maximum absolute atomic E-state index is 13.1. The van der Waals surface area contributed by atoms with Crippen LogP contribution in [-0.4, -0.2) is 33.0 Å². The number of amides is 2. The summed E-state index contributed by atoms with van der Waals surface area (Å²) in [4.78, 5) is 26.4. The van der Waals surface area contributed by atoms with E-state index < -0.39 is 5.91 Å². The van der Waals surface area contributed by atoms with Crippen LogP contribution in [0.25, 0.3) is 0 Å². The van der Waals surface area contributed by atoms with E-state index in [2.05, 4.69) is 0 Å². The number of fused-ring (bicyclic) bond motifs is 1. The molecule has 2 amide bonds. The third kappa shape index (κ3) is 4.18. The van der Waals surface area contributed by atoms with E-state index in [9.17, 15) is 14.0 Å². The number of ether oxygens (including phenoxy) is 1. The Kier molecular flexibility index (Phi) is 5.49. The van der Waals surface area contributed by atoms with Crippen LogP contribution >= 0.6 is 0 Å². The number of halogens is 1. The van der Waals surface area contributed by atoms with Gasteiger partial charge in [0, 0.05) is 25.8 Å². The third-order valence-electron chi connectivity index (χ3n) is 4.91. The Labute approximate surface area is 172 Å². The highest BCUT2D eigenvalue weighted by Crippen LogP contribution is 2.24. The minimum atomic E-state index is -0.652. The molecule has 7 nitrogen and oxygen atoms in total. The molecule has 8 heteroatoms. The Morgan fingerprint density at radius 2 is 1.90 bits per heavy atom. The number of hydroxylamine groups is 1. The van der Waals surface area contributed by atoms with E-state index in [4.69, 9.17) is 9.94 Å². The number of aromatic nitrogens is 1. The van der Waals surface area contributed by atoms with Gasteiger partial charge < -0.3 is 14.2 Å². The molecular weight excluding hydrogens is 389 g/mol. The zero-order chi connectivity index (χ0) is 21.1. The highest BCUT2D eigenvalue weighted by atomic mass is 19.1. The average molecular weight is 409 g/mol. The Morgan fingerprint density at radius 1 is 1.10 bits per heavy atom. The Balaban J connectivity index is 1.51. The zero-order valence-corrected chi connectivity index (χ0v) is 16.0. The molecule has 30 heavy (non-hydrogen) atoms. The van der Waals surface area contributed by atoms with Gasteiger partial charge in [-0.1, -0.05) is 12.1 Å². The van der Waals surface area contributed by atoms with E-state index in [0.29, 0.717) is 36.8 Å². The number of hydrogen-bond acceptors (Lipinski definition) is 4. The van der Waals surface area contributed by atoms with Gasteiger partial charge in [-0.2, -0.15) is 0 Å². The molecule has 0 spiro atoms. The van der Waals surface area contributed by atoms with Crippen molar-refractivity contribution in [3.63, 3.8) is 0 Å². The summed E-state index contributed by atoms with van der Waals surface area (Å²) in [6.45, 7) is 1.56. The summed E-state index contributed by atoms with van der Waals surface area (Å²) in [5.74, 6) is -0.0614. The Hall–Kier alpha value is -3.65. The number of hydrogen-bond donors (Lipinski definition) is 2. The van der Waals surface area contributed by atoms with Crippen LogP contribution in [0.2, 0.25) is 0 Å². The normalized spacial score (nSPS) is 13.5. The summed E-state index contributed by atoms with van der Waals surface area (Å²) >= 11 is 0. The molecule has 1 aliphatic heterocycles. The van der Waals surface area contributed by atoms with Crippen LogP contribution in [0.4, 0.5) is 4.39 Å². The fourth-order valence-corrected chi connectivity index (χ4v) is 3.48. The van der Waals surface area contributed by atoms with Crippen molar-refractivity contribution >= 4 is 11.8 Å². The number of carbonyl (C=O) groups excluding carboxylic acids is 2. The number of carbonyl (C=O) groups is 2. The topological polar surface area (TPSA) is 83.8 Å². The maximum atomic E-state index is 13.1. The van der Waals surface area contributed by atoms with E-state index in [1.807, 2.05) is 18.2 Å². The molecule has 0 radical (unpaired) electrons. The van der Waals surface area contributed by atoms with Gasteiger partial charge >= 0.3 is 0 Å². The first-order valence-corrected chi connectivity index (χ1v) is 9.50. The lowest BCUT2D eigenvalue weighted by atomic mass is 10.2. The van der Waals surface area contributed by atoms with Gasteiger partial charge in [0.15, 0.2) is 0 Å². The van der Waals surface area contributed by atoms with Crippen LogP contribution in [0.15, 0.2) is 60.8 Å². The van der Waals surface area contributed by atoms with E-state index in [1.165, 1.54) is 18.2 Å². The average Bonchev–Trinajstić information content (AvgIpc) is 3.12. The first-order chi connectivity index (χ1) is 14.5. The van der Waals surface area contributed by atoms with E-state index >= 15 is 0 Å². The minimum absolute atomic E-state index is 0.186. The van der Waals surface area contributed by atoms with E-state index in [1.54, 1.807) is 39.3 Å². The van der Waals surface area contributed by atoms with Gasteiger partial charge in [0.25, 0.3) is 11.8 Å². The minimum Gasteiger partial charge on any atom is -0.457 e. The molecule has 2 heterocycles. The van der Waals surface area contributed by atoms with Crippen molar-refractivity contribution in [2.75, 3.05) is 6.54 Å². The second-order valence-corrected chi connectivity index (χ2v) is 7.03. The third-order valence-corrected chi connectivity index (χ3v) is 4.91. The van der Waals surface area contributed by atoms with Crippen molar-refractivity contribution in [1.29, 1.82) is 0 Å². The van der Waals surface area contributed by atoms with E-state index in [0.717, 1.165) is 12.0 Å². The lowest BCUT2D eigenvalue weighted by molar-refractivity contribution is 0.0706. The number of aryl methyl sites for hydroxylation is 1. The largest absolute Gasteiger partial charge is 0.457 e. The zero-order valence-electron chi connectivity index (χ0n) is 16.0. The van der Waals surface area contributed by atoms with Crippen molar-refractivity contribution in [3.8, 4) is 11.5 Å². The molecule has 0 fully saturated rings. The molecule has 0 unspecified atom stereocenters. The van der Waals surface area contributed by atoms with Crippen LogP contribution in [0, 0.1) is 5.82 Å². The molecule has 0 aliphatic carbocycles. The van der Waals surface area contributed by atoms with Crippen molar-refractivity contribution in [1.82, 2.24) is 14.9 Å². The standard InChI is InChI=1S/C22H20FN3O4/c23-17-5-7-18(8-6-17)30-19-4-1-3-15(11-19)13-26-10-2-9-25-14-16(21(27)24-29)12-20(25)22(26)28/h1,3-8,11-12,14,29H,2,9-10,13H2,(H,24,27). The lowest BCUT2D eigenvalue weighted by Gasteiger charge is -2.20. The SMILES string of the molecule is O=C(NO)c1cc2n(c1)CCCN(Cc1cccc(Oc3ccc(F)cc3)c1)C2=O. The summed E-state index contributed by atoms with van der Waals surface area (Å²) in [7, 11) is 0. The van der Waals surface area contributed by atoms with Crippen molar-refractivity contribution in [2.24, 2.45) is 0 Å². The summed E-state index contributed by atoms with van der Waals surface area (Å²) in [5, 5.41) is 8.83. The number of benzene rings is 2. The van der Waals surface area contributed by atoms with Gasteiger partial charge in [-0.25, -0.2) is 9.87 Å². The molecule has 154 valence electrons. The van der Waals surface area contributed by atoms with Crippen LogP contribution in [0.3, 0.4) is 0 Å². The van der Waals surface area contributed by atoms with Gasteiger partial charge in [-0.05, 0) is 54.4 Å². The molecule has 1 aromatic heterocycles. The van der Waals surface area contributed by atoms with Crippen molar-refractivity contribution in [3.05, 3.63) is 83.4 Å². The van der Waals surface area contributed by atoms with Gasteiger partial charge in [0.2, 0.25) is 0 Å². The Morgan fingerprint density at radius 3 is 2.67 bits per heavy atom. The smallest absolute Gasteiger partial charge is 0.276 e. The molecular formula is C22H20FN3O4. The van der Waals surface area contributed by atoms with Gasteiger partial charge in [0.05, 0.1) is 5.56 Å². The fraction of sp³-hybridized carbons (Fsp3) is 0.182. The summed E-state index contributed by atoms with van der Waals surface area (Å²) in [6, 6.07) is 14.6. The monoisotopic (exact) mass is 409 g/mol. The first-order valence-electron chi connectivity index (χ1n) is 9.50. The van der Waals surface area contributed by atoms with Crippen LogP contribution in [0.5, 0.6) is 11.5 Å². The van der Waals surface area contributed by atoms with Gasteiger partial charge in [-0.15, -0.1) is 0 Å². The quantitative estimate of drug-likeness (QED) is 0.498. The predicted octanol–water partition coefficient (Wildman–Crippen LogP) is 3.58. The fourth-order valence-electron chi connectivity index (χ4n) is 3.48. The van der Waals surface area contributed by atoms with Crippen molar-refractivity contribution < 1.29 is 23.9 Å². The molecule has 3 aromatic rings. The van der Waals surface area contributed by atoms with Gasteiger partial charge in [0.1, 0.15) is 23.0 Å². The second-order valence-electron chi connectivity index (χ2n) is 7.03. The number of rotatable bonds is 5. The summed E-state index contributed by atoms with van der Waals surface area (Å²) in [6.07, 6.45) is 2.30. The first kappa shape index (κ1) is 19.7. The summed E-state index contributed by atoms with van der Waals surface area (Å²) in [5.41, 5.74) is 3.12. The predicted molar refractivity (Wildman–Crippen MR) is 106 cm³/mol. The van der Waals surface area contributed by atoms with Crippen molar-refractivity contribution in [2.45, 2.75) is 19.5 Å². The molecule has 0 atom stereocenters.